The smallest absolute Gasteiger partial charge is 1.00 e. The molecule has 18 nitrogen and oxygen atoms in total. The van der Waals surface area contributed by atoms with Crippen molar-refractivity contribution in [3.05, 3.63) is 143 Å². The molecule has 0 spiro atoms. The summed E-state index contributed by atoms with van der Waals surface area (Å²) in [6, 6.07) is 30.0. The van der Waals surface area contributed by atoms with Crippen LogP contribution in [0, 0.1) is 0 Å². The summed E-state index contributed by atoms with van der Waals surface area (Å²) in [5.74, 6) is -3.59. The van der Waals surface area contributed by atoms with Gasteiger partial charge in [0.25, 0.3) is 0 Å². The summed E-state index contributed by atoms with van der Waals surface area (Å²) in [5, 5.41) is 39.6. The molecule has 8 N–H and O–H groups in total. The molecular formula is C51H66MgN4O14. The maximum absolute atomic E-state index is 13.3. The largest absolute Gasteiger partial charge is 2.00 e. The molecule has 4 aromatic carbocycles. The Bertz CT molecular complexity index is 2180. The van der Waals surface area contributed by atoms with E-state index in [0.29, 0.717) is 25.7 Å². The number of ether oxygens (including phenoxy) is 2. The van der Waals surface area contributed by atoms with Gasteiger partial charge in [-0.15, -0.1) is 0 Å². The molecule has 0 aromatic heterocycles. The van der Waals surface area contributed by atoms with Gasteiger partial charge in [0.15, 0.2) is 0 Å². The number of nitrogens with zero attached hydrogens (tertiary/aromatic N) is 2. The second-order valence-electron chi connectivity index (χ2n) is 16.3. The number of nitrogens with one attached hydrogen (secondary N) is 2. The predicted molar refractivity (Wildman–Crippen MR) is 262 cm³/mol. The number of hydrogen-bond donors (Lipinski definition) is 6. The first-order chi connectivity index (χ1) is 32.5. The van der Waals surface area contributed by atoms with Crippen LogP contribution in [0.25, 0.3) is 0 Å². The average Bonchev–Trinajstić information content (AvgIpc) is 3.33. The number of aliphatic carboxylic acids is 2. The molecule has 0 radical (unpaired) electrons. The van der Waals surface area contributed by atoms with Gasteiger partial charge in [-0.05, 0) is 86.8 Å². The number of aryl methyl sites for hydroxylation is 2. The van der Waals surface area contributed by atoms with Crippen LogP contribution in [0.4, 0.5) is 4.79 Å². The number of fused-ring (bicyclic) bond motifs is 2. The molecular weight excluding hydrogens is 917 g/mol. The van der Waals surface area contributed by atoms with Gasteiger partial charge >= 0.3 is 53.1 Å². The molecule has 0 fully saturated rings. The Hall–Kier alpha value is -6.38. The van der Waals surface area contributed by atoms with Gasteiger partial charge in [-0.3, -0.25) is 29.8 Å². The van der Waals surface area contributed by atoms with Gasteiger partial charge in [-0.1, -0.05) is 109 Å². The Labute approximate surface area is 426 Å². The Morgan fingerprint density at radius 3 is 1.16 bits per heavy atom. The monoisotopic (exact) mass is 982 g/mol. The fourth-order valence-electron chi connectivity index (χ4n) is 8.13. The Kier molecular flexibility index (Phi) is 25.8. The van der Waals surface area contributed by atoms with Crippen molar-refractivity contribution in [2.24, 2.45) is 0 Å². The van der Waals surface area contributed by atoms with Crippen molar-refractivity contribution in [2.45, 2.75) is 116 Å². The summed E-state index contributed by atoms with van der Waals surface area (Å²) in [4.78, 5) is 86.7. The first-order valence-electron chi connectivity index (χ1n) is 22.6. The van der Waals surface area contributed by atoms with Crippen LogP contribution < -0.4 is 10.6 Å². The quantitative estimate of drug-likeness (QED) is 0.0596. The van der Waals surface area contributed by atoms with Crippen molar-refractivity contribution >= 4 is 64.9 Å². The molecule has 2 amide bonds. The second-order valence-corrected chi connectivity index (χ2v) is 16.3. The van der Waals surface area contributed by atoms with Crippen molar-refractivity contribution < 1.29 is 71.8 Å². The van der Waals surface area contributed by atoms with Crippen LogP contribution >= 0.6 is 0 Å². The van der Waals surface area contributed by atoms with E-state index in [4.69, 9.17) is 24.5 Å². The minimum Gasteiger partial charge on any atom is -1.00 e. The van der Waals surface area contributed by atoms with Gasteiger partial charge in [0, 0.05) is 25.9 Å². The third-order valence-electron chi connectivity index (χ3n) is 11.5. The summed E-state index contributed by atoms with van der Waals surface area (Å²) >= 11 is 0. The van der Waals surface area contributed by atoms with Crippen molar-refractivity contribution in [1.29, 1.82) is 0 Å². The summed E-state index contributed by atoms with van der Waals surface area (Å²) in [6.07, 6.45) is 0.913. The standard InChI is InChI=1S/2C25H30N2O5.CH2O3.Mg.H2O.2H/c2*1-3-32-25(31)21(14-13-18-9-5-4-6-10-18)26-17(2)23(28)27-16-20-12-8-7-11-19(20)15-22(27)24(29)30;2-1(3)4;;;;/h2*4-12,17,21-22,26H,3,13-16H2,1-2H3,(H,29,30);(H2,2,3,4);;1H2;;/q;;;+2;;2*-1/t2*17-,21-,22-;;;;;/m00...../s1. The summed E-state index contributed by atoms with van der Waals surface area (Å²) in [6.45, 7) is 7.75. The maximum atomic E-state index is 13.3. The number of benzene rings is 4. The molecule has 19 heteroatoms. The molecule has 0 saturated heterocycles. The van der Waals surface area contributed by atoms with E-state index in [-0.39, 0.29) is 82.3 Å². The van der Waals surface area contributed by atoms with E-state index in [2.05, 4.69) is 10.6 Å². The molecule has 2 heterocycles. The zero-order chi connectivity index (χ0) is 49.8. The number of amides is 2. The molecule has 6 rings (SSSR count). The maximum Gasteiger partial charge on any atom is 2.00 e. The predicted octanol–water partition coefficient (Wildman–Crippen LogP) is 4.38. The molecule has 0 aliphatic carbocycles. The molecule has 2 aliphatic heterocycles. The topological polar surface area (TPSA) is 281 Å². The first kappa shape index (κ1) is 59.7. The van der Waals surface area contributed by atoms with Gasteiger partial charge in [0.1, 0.15) is 24.2 Å². The molecule has 2 aliphatic rings. The molecule has 4 aromatic rings. The number of carbonyl (C=O) groups is 7. The van der Waals surface area contributed by atoms with Crippen molar-refractivity contribution in [3.8, 4) is 0 Å². The van der Waals surface area contributed by atoms with Crippen molar-refractivity contribution in [1.82, 2.24) is 20.4 Å². The van der Waals surface area contributed by atoms with E-state index >= 15 is 0 Å². The second kappa shape index (κ2) is 30.3. The van der Waals surface area contributed by atoms with E-state index in [9.17, 15) is 39.0 Å². The van der Waals surface area contributed by atoms with Crippen LogP contribution in [0.1, 0.15) is 76.8 Å². The SMILES string of the molecule is CCOC(=O)[C@H](CCc1ccccc1)N[C@@H](C)C(=O)N1Cc2ccccc2C[C@H]1C(=O)O.CCOC(=O)[C@H](CCc1ccccc1)N[C@@H](C)C(=O)N1Cc2ccccc2C[C@H]1C(=O)O.O.O=C(O)O.[H-].[H-].[Mg+2]. The van der Waals surface area contributed by atoms with E-state index in [1.165, 1.54) is 9.80 Å². The Morgan fingerprint density at radius 2 is 0.857 bits per heavy atom. The molecule has 70 heavy (non-hydrogen) atoms. The van der Waals surface area contributed by atoms with Gasteiger partial charge in [-0.25, -0.2) is 14.4 Å². The van der Waals surface area contributed by atoms with Crippen LogP contribution in [0.3, 0.4) is 0 Å². The molecule has 0 unspecified atom stereocenters. The van der Waals surface area contributed by atoms with E-state index in [1.807, 2.05) is 109 Å². The molecule has 6 atom stereocenters. The third kappa shape index (κ3) is 18.2. The summed E-state index contributed by atoms with van der Waals surface area (Å²) < 4.78 is 10.4. The van der Waals surface area contributed by atoms with Gasteiger partial charge in [0.05, 0.1) is 25.3 Å². The number of carboxylic acid groups (broad SMARTS) is 4. The van der Waals surface area contributed by atoms with E-state index < -0.39 is 66.3 Å². The summed E-state index contributed by atoms with van der Waals surface area (Å²) in [7, 11) is 0. The fourth-order valence-corrected chi connectivity index (χ4v) is 8.13. The zero-order valence-electron chi connectivity index (χ0n) is 42.0. The van der Waals surface area contributed by atoms with Crippen LogP contribution in [0.15, 0.2) is 109 Å². The van der Waals surface area contributed by atoms with Crippen LogP contribution in [-0.2, 0) is 77.0 Å². The minimum absolute atomic E-state index is 0. The number of carbonyl (C=O) groups excluding carboxylic acids is 4. The van der Waals surface area contributed by atoms with Gasteiger partial charge in [0.2, 0.25) is 11.8 Å². The van der Waals surface area contributed by atoms with Gasteiger partial charge in [-0.2, -0.15) is 0 Å². The normalized spacial score (nSPS) is 16.1. The van der Waals surface area contributed by atoms with Crippen molar-refractivity contribution in [3.63, 3.8) is 0 Å². The van der Waals surface area contributed by atoms with E-state index in [1.54, 1.807) is 27.7 Å². The van der Waals surface area contributed by atoms with Crippen LogP contribution in [-0.4, -0.2) is 150 Å². The number of rotatable bonds is 18. The third-order valence-corrected chi connectivity index (χ3v) is 11.5. The Morgan fingerprint density at radius 1 is 0.557 bits per heavy atom. The Balaban J connectivity index is 0.00000124. The number of carboxylic acids is 2. The van der Waals surface area contributed by atoms with Gasteiger partial charge < -0.3 is 48.0 Å². The number of hydrogen-bond acceptors (Lipinski definition) is 11. The van der Waals surface area contributed by atoms with E-state index in [0.717, 1.165) is 33.4 Å². The summed E-state index contributed by atoms with van der Waals surface area (Å²) in [5.41, 5.74) is 5.93. The molecule has 0 bridgehead atoms. The van der Waals surface area contributed by atoms with Crippen molar-refractivity contribution in [2.75, 3.05) is 13.2 Å². The number of esters is 2. The van der Waals surface area contributed by atoms with Crippen LogP contribution in [0.5, 0.6) is 0 Å². The fraction of sp³-hybridized carbons (Fsp3) is 0.392. The van der Waals surface area contributed by atoms with Crippen LogP contribution in [0.2, 0.25) is 0 Å². The first-order valence-corrected chi connectivity index (χ1v) is 22.6. The average molecular weight is 983 g/mol. The minimum atomic E-state index is -1.83. The zero-order valence-corrected chi connectivity index (χ0v) is 41.4. The molecule has 0 saturated carbocycles. The molecule has 376 valence electrons.